The molecule has 0 aromatic heterocycles. The zero-order chi connectivity index (χ0) is 11.7. The van der Waals surface area contributed by atoms with Gasteiger partial charge in [-0.3, -0.25) is 4.79 Å². The van der Waals surface area contributed by atoms with Crippen LogP contribution < -0.4 is 0 Å². The first kappa shape index (κ1) is 18.7. The second kappa shape index (κ2) is 11.8. The molecule has 16 heavy (non-hydrogen) atoms. The van der Waals surface area contributed by atoms with Gasteiger partial charge in [0, 0.05) is 32.6 Å². The van der Waals surface area contributed by atoms with Crippen LogP contribution >= 0.6 is 0 Å². The quantitative estimate of drug-likeness (QED) is 0.515. The molecular formula is C13H25O2Zr-. The predicted octanol–water partition coefficient (Wildman–Crippen LogP) is 4.05. The monoisotopic (exact) mass is 303 g/mol. The van der Waals surface area contributed by atoms with Gasteiger partial charge in [0.1, 0.15) is 0 Å². The van der Waals surface area contributed by atoms with E-state index in [1.807, 2.05) is 0 Å². The first-order valence-corrected chi connectivity index (χ1v) is 6.21. The molecule has 3 heteroatoms. The Balaban J connectivity index is 0. The number of carboxylic acids is 1. The van der Waals surface area contributed by atoms with Gasteiger partial charge in [0.15, 0.2) is 0 Å². The zero-order valence-corrected chi connectivity index (χ0v) is 13.3. The van der Waals surface area contributed by atoms with Crippen molar-refractivity contribution in [3.63, 3.8) is 0 Å². The Morgan fingerprint density at radius 2 is 1.75 bits per heavy atom. The normalized spacial score (nSPS) is 12.2. The molecule has 0 fully saturated rings. The summed E-state index contributed by atoms with van der Waals surface area (Å²) in [7, 11) is 0. The fourth-order valence-corrected chi connectivity index (χ4v) is 2.19. The third-order valence-electron chi connectivity index (χ3n) is 3.17. The third kappa shape index (κ3) is 8.50. The third-order valence-corrected chi connectivity index (χ3v) is 3.17. The van der Waals surface area contributed by atoms with E-state index in [4.69, 9.17) is 5.11 Å². The number of rotatable bonds is 9. The Morgan fingerprint density at radius 3 is 2.12 bits per heavy atom. The Hall–Kier alpha value is 0.353. The largest absolute Gasteiger partial charge is 0.481 e. The van der Waals surface area contributed by atoms with Crippen LogP contribution in [0.25, 0.3) is 0 Å². The molecule has 0 saturated heterocycles. The molecule has 0 aromatic carbocycles. The molecule has 0 heterocycles. The first-order valence-electron chi connectivity index (χ1n) is 6.21. The van der Waals surface area contributed by atoms with Crippen molar-refractivity contribution in [3.05, 3.63) is 5.92 Å². The van der Waals surface area contributed by atoms with Crippen molar-refractivity contribution < 1.29 is 36.1 Å². The molecular weight excluding hydrogens is 279 g/mol. The average molecular weight is 305 g/mol. The van der Waals surface area contributed by atoms with E-state index in [-0.39, 0.29) is 26.2 Å². The van der Waals surface area contributed by atoms with Crippen LogP contribution in [0.2, 0.25) is 0 Å². The molecule has 94 valence electrons. The minimum Gasteiger partial charge on any atom is -0.481 e. The summed E-state index contributed by atoms with van der Waals surface area (Å²) in [6.45, 7) is 6.67. The minimum atomic E-state index is -0.668. The summed E-state index contributed by atoms with van der Waals surface area (Å²) in [5.41, 5.74) is 0. The van der Waals surface area contributed by atoms with Gasteiger partial charge in [0.05, 0.1) is 0 Å². The van der Waals surface area contributed by atoms with E-state index >= 15 is 0 Å². The molecule has 0 aliphatic rings. The number of unbranched alkanes of at least 4 members (excludes halogenated alkanes) is 1. The van der Waals surface area contributed by atoms with Gasteiger partial charge in [-0.15, -0.1) is 0 Å². The first-order chi connectivity index (χ1) is 7.15. The van der Waals surface area contributed by atoms with E-state index in [0.717, 1.165) is 12.8 Å². The summed E-state index contributed by atoms with van der Waals surface area (Å²) in [6.07, 6.45) is 6.91. The van der Waals surface area contributed by atoms with Crippen LogP contribution in [0.5, 0.6) is 0 Å². The summed E-state index contributed by atoms with van der Waals surface area (Å²) in [5.74, 6) is 1.69. The molecule has 1 unspecified atom stereocenters. The number of aliphatic carboxylic acids is 1. The van der Waals surface area contributed by atoms with Crippen LogP contribution in [-0.4, -0.2) is 11.1 Å². The SMILES string of the molecule is CC[C-](CC)C(CC)CCCCC(=O)O.[Zr]. The van der Waals surface area contributed by atoms with Gasteiger partial charge >= 0.3 is 5.97 Å². The fourth-order valence-electron chi connectivity index (χ4n) is 2.19. The number of carbonyl (C=O) groups is 1. The second-order valence-electron chi connectivity index (χ2n) is 4.11. The maximum atomic E-state index is 10.4. The standard InChI is InChI=1S/C13H25O2.Zr/c1-4-11(5-2)12(6-3)9-7-8-10-13(14)15;/h12H,4-10H2,1-3H3,(H,14,15);/q-1;. The van der Waals surface area contributed by atoms with Crippen molar-refractivity contribution in [3.8, 4) is 0 Å². The van der Waals surface area contributed by atoms with Gasteiger partial charge in [-0.05, 0) is 6.42 Å². The molecule has 1 N–H and O–H groups in total. The van der Waals surface area contributed by atoms with Gasteiger partial charge in [-0.2, -0.15) is 18.8 Å². The average Bonchev–Trinajstić information content (AvgIpc) is 2.22. The van der Waals surface area contributed by atoms with Gasteiger partial charge in [0.2, 0.25) is 0 Å². The van der Waals surface area contributed by atoms with Gasteiger partial charge in [-0.1, -0.05) is 40.0 Å². The van der Waals surface area contributed by atoms with Crippen molar-refractivity contribution in [2.75, 3.05) is 0 Å². The molecule has 0 aromatic rings. The maximum absolute atomic E-state index is 10.4. The Labute approximate surface area is 119 Å². The summed E-state index contributed by atoms with van der Waals surface area (Å²) in [6, 6.07) is 0. The van der Waals surface area contributed by atoms with Crippen LogP contribution in [0.1, 0.15) is 65.7 Å². The molecule has 0 amide bonds. The van der Waals surface area contributed by atoms with E-state index in [9.17, 15) is 4.79 Å². The summed E-state index contributed by atoms with van der Waals surface area (Å²) < 4.78 is 0. The molecule has 0 aliphatic heterocycles. The fraction of sp³-hybridized carbons (Fsp3) is 0.846. The molecule has 0 rings (SSSR count). The minimum absolute atomic E-state index is 0. The topological polar surface area (TPSA) is 37.3 Å². The van der Waals surface area contributed by atoms with E-state index in [0.29, 0.717) is 12.3 Å². The molecule has 0 aliphatic carbocycles. The maximum Gasteiger partial charge on any atom is 0.303 e. The van der Waals surface area contributed by atoms with Crippen LogP contribution in [0, 0.1) is 11.8 Å². The van der Waals surface area contributed by atoms with Gasteiger partial charge in [0.25, 0.3) is 0 Å². The molecule has 0 spiro atoms. The molecule has 0 radical (unpaired) electrons. The van der Waals surface area contributed by atoms with Crippen LogP contribution in [0.15, 0.2) is 0 Å². The number of hydrogen-bond donors (Lipinski definition) is 1. The Morgan fingerprint density at radius 1 is 1.19 bits per heavy atom. The smallest absolute Gasteiger partial charge is 0.303 e. The van der Waals surface area contributed by atoms with Crippen molar-refractivity contribution in [1.82, 2.24) is 0 Å². The van der Waals surface area contributed by atoms with Gasteiger partial charge in [-0.25, -0.2) is 0 Å². The molecule has 1 atom stereocenters. The van der Waals surface area contributed by atoms with E-state index in [1.165, 1.54) is 25.7 Å². The predicted molar refractivity (Wildman–Crippen MR) is 63.7 cm³/mol. The van der Waals surface area contributed by atoms with Gasteiger partial charge < -0.3 is 11.0 Å². The van der Waals surface area contributed by atoms with Crippen LogP contribution in [0.4, 0.5) is 0 Å². The van der Waals surface area contributed by atoms with Crippen LogP contribution in [0.3, 0.4) is 0 Å². The van der Waals surface area contributed by atoms with E-state index in [2.05, 4.69) is 20.8 Å². The molecule has 0 bridgehead atoms. The summed E-state index contributed by atoms with van der Waals surface area (Å²) >= 11 is 0. The van der Waals surface area contributed by atoms with Crippen molar-refractivity contribution in [2.45, 2.75) is 65.7 Å². The van der Waals surface area contributed by atoms with E-state index in [1.54, 1.807) is 5.92 Å². The van der Waals surface area contributed by atoms with Crippen molar-refractivity contribution in [1.29, 1.82) is 0 Å². The van der Waals surface area contributed by atoms with Crippen molar-refractivity contribution >= 4 is 5.97 Å². The number of carboxylic acid groups (broad SMARTS) is 1. The Bertz CT molecular complexity index is 167. The Kier molecular flexibility index (Phi) is 13.8. The number of hydrogen-bond acceptors (Lipinski definition) is 1. The summed E-state index contributed by atoms with van der Waals surface area (Å²) in [4.78, 5) is 10.4. The van der Waals surface area contributed by atoms with Crippen LogP contribution in [-0.2, 0) is 31.0 Å². The molecule has 0 saturated carbocycles. The second-order valence-corrected chi connectivity index (χ2v) is 4.11. The zero-order valence-electron chi connectivity index (χ0n) is 10.9. The van der Waals surface area contributed by atoms with Crippen molar-refractivity contribution in [2.24, 2.45) is 5.92 Å². The summed E-state index contributed by atoms with van der Waals surface area (Å²) in [5, 5.41) is 8.53. The molecule has 2 nitrogen and oxygen atoms in total. The van der Waals surface area contributed by atoms with E-state index < -0.39 is 5.97 Å².